The summed E-state index contributed by atoms with van der Waals surface area (Å²) in [4.78, 5) is 2.21. The molecule has 0 N–H and O–H groups in total. The van der Waals surface area contributed by atoms with Crippen molar-refractivity contribution in [2.45, 2.75) is 38.8 Å². The third-order valence-electron chi connectivity index (χ3n) is 3.18. The van der Waals surface area contributed by atoms with E-state index in [1.807, 2.05) is 13.8 Å². The second-order valence-electron chi connectivity index (χ2n) is 5.15. The van der Waals surface area contributed by atoms with Crippen LogP contribution in [0.1, 0.15) is 25.0 Å². The van der Waals surface area contributed by atoms with Crippen LogP contribution in [-0.2, 0) is 17.5 Å². The Morgan fingerprint density at radius 3 is 2.11 bits per heavy atom. The summed E-state index contributed by atoms with van der Waals surface area (Å²) in [5, 5.41) is 0. The Labute approximate surface area is 111 Å². The van der Waals surface area contributed by atoms with Crippen LogP contribution in [0.25, 0.3) is 0 Å². The van der Waals surface area contributed by atoms with Crippen LogP contribution in [0, 0.1) is 0 Å². The molecule has 106 valence electrons. The van der Waals surface area contributed by atoms with Crippen molar-refractivity contribution in [1.29, 1.82) is 0 Å². The smallest absolute Gasteiger partial charge is 0.373 e. The van der Waals surface area contributed by atoms with Gasteiger partial charge in [-0.15, -0.1) is 0 Å². The van der Waals surface area contributed by atoms with Crippen LogP contribution in [0.4, 0.5) is 13.2 Å². The van der Waals surface area contributed by atoms with Crippen molar-refractivity contribution in [3.8, 4) is 0 Å². The summed E-state index contributed by atoms with van der Waals surface area (Å²) >= 11 is 0. The van der Waals surface area contributed by atoms with E-state index in [4.69, 9.17) is 4.74 Å². The molecule has 0 spiro atoms. The third-order valence-corrected chi connectivity index (χ3v) is 3.18. The molecule has 1 aromatic carbocycles. The van der Waals surface area contributed by atoms with Gasteiger partial charge in [0.25, 0.3) is 0 Å². The zero-order valence-electron chi connectivity index (χ0n) is 11.1. The van der Waals surface area contributed by atoms with Crippen molar-refractivity contribution in [3.63, 3.8) is 0 Å². The first-order chi connectivity index (χ1) is 8.84. The molecule has 0 saturated carbocycles. The monoisotopic (exact) mass is 273 g/mol. The van der Waals surface area contributed by atoms with Crippen LogP contribution in [0.15, 0.2) is 24.3 Å². The van der Waals surface area contributed by atoms with Crippen LogP contribution in [0.2, 0.25) is 0 Å². The number of morpholine rings is 1. The Bertz CT molecular complexity index is 406. The molecule has 0 radical (unpaired) electrons. The number of benzene rings is 1. The molecule has 19 heavy (non-hydrogen) atoms. The van der Waals surface area contributed by atoms with Gasteiger partial charge in [0, 0.05) is 19.6 Å². The van der Waals surface area contributed by atoms with Gasteiger partial charge in [-0.05, 0) is 31.5 Å². The van der Waals surface area contributed by atoms with Crippen LogP contribution in [0.3, 0.4) is 0 Å². The third kappa shape index (κ3) is 3.94. The number of hydrogen-bond donors (Lipinski definition) is 0. The Hall–Kier alpha value is -1.07. The van der Waals surface area contributed by atoms with Crippen LogP contribution >= 0.6 is 0 Å². The van der Waals surface area contributed by atoms with E-state index < -0.39 is 11.7 Å². The van der Waals surface area contributed by atoms with Crippen molar-refractivity contribution < 1.29 is 17.9 Å². The highest BCUT2D eigenvalue weighted by atomic mass is 19.4. The number of nitrogens with zero attached hydrogens (tertiary/aromatic N) is 1. The predicted molar refractivity (Wildman–Crippen MR) is 66.7 cm³/mol. The normalized spacial score (nSPS) is 25.5. The molecule has 1 aromatic rings. The molecule has 2 rings (SSSR count). The molecule has 1 saturated heterocycles. The molecule has 1 fully saturated rings. The first-order valence-electron chi connectivity index (χ1n) is 6.38. The van der Waals surface area contributed by atoms with Gasteiger partial charge in [0.05, 0.1) is 17.8 Å². The van der Waals surface area contributed by atoms with E-state index in [1.54, 1.807) is 12.1 Å². The largest absolute Gasteiger partial charge is 0.416 e. The van der Waals surface area contributed by atoms with Gasteiger partial charge in [0.1, 0.15) is 0 Å². The van der Waals surface area contributed by atoms with Gasteiger partial charge in [-0.3, -0.25) is 4.90 Å². The predicted octanol–water partition coefficient (Wildman–Crippen LogP) is 3.31. The fourth-order valence-corrected chi connectivity index (χ4v) is 2.47. The summed E-state index contributed by atoms with van der Waals surface area (Å²) < 4.78 is 43.0. The topological polar surface area (TPSA) is 12.5 Å². The molecule has 0 aromatic heterocycles. The lowest BCUT2D eigenvalue weighted by Gasteiger charge is -2.35. The molecular weight excluding hydrogens is 255 g/mol. The van der Waals surface area contributed by atoms with E-state index in [9.17, 15) is 13.2 Å². The first-order valence-corrected chi connectivity index (χ1v) is 6.38. The molecular formula is C14H18F3NO. The summed E-state index contributed by atoms with van der Waals surface area (Å²) in [5.74, 6) is 0. The SMILES string of the molecule is C[C@H]1CN(Cc2ccc(C(F)(F)F)cc2)C[C@H](C)O1. The molecule has 5 heteroatoms. The van der Waals surface area contributed by atoms with Crippen molar-refractivity contribution in [1.82, 2.24) is 4.90 Å². The lowest BCUT2D eigenvalue weighted by molar-refractivity contribution is -0.137. The molecule has 0 unspecified atom stereocenters. The van der Waals surface area contributed by atoms with Crippen molar-refractivity contribution >= 4 is 0 Å². The highest BCUT2D eigenvalue weighted by molar-refractivity contribution is 5.24. The summed E-state index contributed by atoms with van der Waals surface area (Å²) in [6, 6.07) is 5.38. The van der Waals surface area contributed by atoms with Gasteiger partial charge in [0.2, 0.25) is 0 Å². The van der Waals surface area contributed by atoms with E-state index in [1.165, 1.54) is 0 Å². The van der Waals surface area contributed by atoms with Crippen LogP contribution in [0.5, 0.6) is 0 Å². The molecule has 0 amide bonds. The highest BCUT2D eigenvalue weighted by Crippen LogP contribution is 2.29. The summed E-state index contributed by atoms with van der Waals surface area (Å²) in [5.41, 5.74) is 0.300. The number of hydrogen-bond acceptors (Lipinski definition) is 2. The Kier molecular flexibility index (Phi) is 4.16. The fraction of sp³-hybridized carbons (Fsp3) is 0.571. The van der Waals surface area contributed by atoms with E-state index in [2.05, 4.69) is 4.90 Å². The van der Waals surface area contributed by atoms with Gasteiger partial charge in [-0.2, -0.15) is 13.2 Å². The van der Waals surface area contributed by atoms with E-state index >= 15 is 0 Å². The number of alkyl halides is 3. The zero-order chi connectivity index (χ0) is 14.0. The van der Waals surface area contributed by atoms with Crippen molar-refractivity contribution in [2.75, 3.05) is 13.1 Å². The average Bonchev–Trinajstić information content (AvgIpc) is 2.26. The van der Waals surface area contributed by atoms with Gasteiger partial charge < -0.3 is 4.74 Å². The first kappa shape index (κ1) is 14.3. The number of rotatable bonds is 2. The maximum Gasteiger partial charge on any atom is 0.416 e. The molecule has 0 aliphatic carbocycles. The van der Waals surface area contributed by atoms with Crippen LogP contribution < -0.4 is 0 Å². The van der Waals surface area contributed by atoms with Gasteiger partial charge in [-0.1, -0.05) is 12.1 Å². The van der Waals surface area contributed by atoms with E-state index in [0.29, 0.717) is 6.54 Å². The fourth-order valence-electron chi connectivity index (χ4n) is 2.47. The molecule has 0 bridgehead atoms. The Balaban J connectivity index is 1.99. The van der Waals surface area contributed by atoms with Crippen molar-refractivity contribution in [3.05, 3.63) is 35.4 Å². The van der Waals surface area contributed by atoms with Gasteiger partial charge in [0.15, 0.2) is 0 Å². The summed E-state index contributed by atoms with van der Waals surface area (Å²) in [7, 11) is 0. The standard InChI is InChI=1S/C14H18F3NO/c1-10-7-18(8-11(2)19-10)9-12-3-5-13(6-4-12)14(15,16)17/h3-6,10-11H,7-9H2,1-2H3/t10-,11-/m0/s1. The number of ether oxygens (including phenoxy) is 1. The molecule has 2 atom stereocenters. The summed E-state index contributed by atoms with van der Waals surface area (Å²) in [6.07, 6.45) is -3.93. The molecule has 2 nitrogen and oxygen atoms in total. The minimum Gasteiger partial charge on any atom is -0.373 e. The number of halogens is 3. The lowest BCUT2D eigenvalue weighted by Crippen LogP contribution is -2.44. The lowest BCUT2D eigenvalue weighted by atomic mass is 10.1. The highest BCUT2D eigenvalue weighted by Gasteiger charge is 2.30. The van der Waals surface area contributed by atoms with Gasteiger partial charge in [-0.25, -0.2) is 0 Å². The maximum atomic E-state index is 12.5. The minimum atomic E-state index is -4.26. The Morgan fingerprint density at radius 2 is 1.63 bits per heavy atom. The van der Waals surface area contributed by atoms with E-state index in [0.717, 1.165) is 30.8 Å². The van der Waals surface area contributed by atoms with E-state index in [-0.39, 0.29) is 12.2 Å². The molecule has 1 heterocycles. The average molecular weight is 273 g/mol. The zero-order valence-corrected chi connectivity index (χ0v) is 11.1. The Morgan fingerprint density at radius 1 is 1.11 bits per heavy atom. The van der Waals surface area contributed by atoms with Crippen molar-refractivity contribution in [2.24, 2.45) is 0 Å². The second-order valence-corrected chi connectivity index (χ2v) is 5.15. The molecule has 1 aliphatic rings. The minimum absolute atomic E-state index is 0.165. The van der Waals surface area contributed by atoms with Gasteiger partial charge >= 0.3 is 6.18 Å². The summed E-state index contributed by atoms with van der Waals surface area (Å²) in [6.45, 7) is 6.30. The quantitative estimate of drug-likeness (QED) is 0.819. The second kappa shape index (κ2) is 5.51. The van der Waals surface area contributed by atoms with Crippen LogP contribution in [-0.4, -0.2) is 30.2 Å². The maximum absolute atomic E-state index is 12.5. The molecule has 1 aliphatic heterocycles.